The number of carbonyl (C=O) groups is 1. The minimum absolute atomic E-state index is 0.183. The van der Waals surface area contributed by atoms with Crippen LogP contribution in [0.3, 0.4) is 0 Å². The molecule has 1 fully saturated rings. The van der Waals surface area contributed by atoms with Crippen LogP contribution >= 0.6 is 11.8 Å². The van der Waals surface area contributed by atoms with Crippen molar-refractivity contribution >= 4 is 17.7 Å². The molecule has 0 bridgehead atoms. The molecule has 7 heteroatoms. The third kappa shape index (κ3) is 5.62. The Kier molecular flexibility index (Phi) is 7.56. The Bertz CT molecular complexity index is 773. The first-order valence-electron chi connectivity index (χ1n) is 9.43. The standard InChI is InChI=1S/C21H27N3O3S/c1-26-19-7-6-18(13-20(19)27-2)28-16-21(25)24-10-4-9-23(11-12-24)15-17-5-3-8-22-14-17/h3,5-8,13-14H,4,9-12,15-16H2,1-2H3. The molecule has 2 aromatic rings. The number of thioether (sulfide) groups is 1. The Morgan fingerprint density at radius 1 is 1.11 bits per heavy atom. The number of hydrogen-bond donors (Lipinski definition) is 0. The third-order valence-electron chi connectivity index (χ3n) is 4.79. The molecule has 1 aliphatic heterocycles. The predicted molar refractivity (Wildman–Crippen MR) is 111 cm³/mol. The second-order valence-corrected chi connectivity index (χ2v) is 7.73. The predicted octanol–water partition coefficient (Wildman–Crippen LogP) is 2.93. The highest BCUT2D eigenvalue weighted by Crippen LogP contribution is 2.31. The van der Waals surface area contributed by atoms with Crippen molar-refractivity contribution in [3.8, 4) is 11.5 Å². The van der Waals surface area contributed by atoms with E-state index in [0.29, 0.717) is 17.3 Å². The molecule has 1 aromatic carbocycles. The SMILES string of the molecule is COc1ccc(SCC(=O)N2CCCN(Cc3cccnc3)CC2)cc1OC. The first-order chi connectivity index (χ1) is 13.7. The number of nitrogens with zero attached hydrogens (tertiary/aromatic N) is 3. The smallest absolute Gasteiger partial charge is 0.232 e. The molecule has 0 spiro atoms. The zero-order valence-electron chi connectivity index (χ0n) is 16.5. The molecule has 150 valence electrons. The molecule has 0 atom stereocenters. The summed E-state index contributed by atoms with van der Waals surface area (Å²) in [6.45, 7) is 4.36. The molecule has 0 aliphatic carbocycles. The number of hydrogen-bond acceptors (Lipinski definition) is 6. The zero-order chi connectivity index (χ0) is 19.8. The fourth-order valence-corrected chi connectivity index (χ4v) is 4.10. The molecule has 1 aliphatic rings. The molecule has 0 saturated carbocycles. The van der Waals surface area contributed by atoms with Gasteiger partial charge in [-0.05, 0) is 36.2 Å². The summed E-state index contributed by atoms with van der Waals surface area (Å²) in [6, 6.07) is 9.80. The fraction of sp³-hybridized carbons (Fsp3) is 0.429. The third-order valence-corrected chi connectivity index (χ3v) is 5.77. The Balaban J connectivity index is 1.49. The van der Waals surface area contributed by atoms with E-state index in [4.69, 9.17) is 9.47 Å². The lowest BCUT2D eigenvalue weighted by Crippen LogP contribution is -2.36. The van der Waals surface area contributed by atoms with E-state index in [1.165, 1.54) is 17.3 Å². The van der Waals surface area contributed by atoms with Crippen molar-refractivity contribution in [2.45, 2.75) is 17.9 Å². The van der Waals surface area contributed by atoms with E-state index in [-0.39, 0.29) is 5.91 Å². The fourth-order valence-electron chi connectivity index (χ4n) is 3.27. The summed E-state index contributed by atoms with van der Waals surface area (Å²) in [5, 5.41) is 0. The van der Waals surface area contributed by atoms with Gasteiger partial charge < -0.3 is 14.4 Å². The van der Waals surface area contributed by atoms with E-state index in [9.17, 15) is 4.79 Å². The van der Waals surface area contributed by atoms with Gasteiger partial charge in [0.05, 0.1) is 20.0 Å². The van der Waals surface area contributed by atoms with Crippen LogP contribution in [0.15, 0.2) is 47.6 Å². The molecular formula is C21H27N3O3S. The maximum atomic E-state index is 12.7. The molecule has 28 heavy (non-hydrogen) atoms. The summed E-state index contributed by atoms with van der Waals surface area (Å²) in [5.74, 6) is 1.99. The van der Waals surface area contributed by atoms with Gasteiger partial charge in [0.25, 0.3) is 0 Å². The van der Waals surface area contributed by atoms with Gasteiger partial charge in [-0.25, -0.2) is 0 Å². The molecule has 1 aromatic heterocycles. The van der Waals surface area contributed by atoms with Crippen LogP contribution in [0, 0.1) is 0 Å². The van der Waals surface area contributed by atoms with Gasteiger partial charge in [0, 0.05) is 50.0 Å². The first-order valence-corrected chi connectivity index (χ1v) is 10.4. The van der Waals surface area contributed by atoms with E-state index >= 15 is 0 Å². The van der Waals surface area contributed by atoms with Gasteiger partial charge in [-0.2, -0.15) is 0 Å². The molecule has 1 saturated heterocycles. The van der Waals surface area contributed by atoms with Crippen molar-refractivity contribution in [1.82, 2.24) is 14.8 Å². The largest absolute Gasteiger partial charge is 0.493 e. The summed E-state index contributed by atoms with van der Waals surface area (Å²) in [7, 11) is 3.23. The summed E-state index contributed by atoms with van der Waals surface area (Å²) >= 11 is 1.53. The molecule has 0 radical (unpaired) electrons. The van der Waals surface area contributed by atoms with E-state index < -0.39 is 0 Å². The van der Waals surface area contributed by atoms with E-state index in [1.54, 1.807) is 20.4 Å². The second kappa shape index (κ2) is 10.3. The van der Waals surface area contributed by atoms with Gasteiger partial charge in [0.15, 0.2) is 11.5 Å². The van der Waals surface area contributed by atoms with Crippen molar-refractivity contribution < 1.29 is 14.3 Å². The Morgan fingerprint density at radius 2 is 1.96 bits per heavy atom. The van der Waals surface area contributed by atoms with Crippen LogP contribution < -0.4 is 9.47 Å². The Hall–Kier alpha value is -2.25. The van der Waals surface area contributed by atoms with Crippen LogP contribution in [0.2, 0.25) is 0 Å². The van der Waals surface area contributed by atoms with Crippen LogP contribution in [-0.4, -0.2) is 66.8 Å². The van der Waals surface area contributed by atoms with Crippen LogP contribution in [-0.2, 0) is 11.3 Å². The average molecular weight is 402 g/mol. The molecule has 3 rings (SSSR count). The highest BCUT2D eigenvalue weighted by molar-refractivity contribution is 8.00. The summed E-state index contributed by atoms with van der Waals surface area (Å²) in [6.07, 6.45) is 4.70. The minimum atomic E-state index is 0.183. The number of aromatic nitrogens is 1. The van der Waals surface area contributed by atoms with Crippen LogP contribution in [0.5, 0.6) is 11.5 Å². The summed E-state index contributed by atoms with van der Waals surface area (Å²) in [5.41, 5.74) is 1.21. The lowest BCUT2D eigenvalue weighted by Gasteiger charge is -2.22. The van der Waals surface area contributed by atoms with Gasteiger partial charge in [-0.3, -0.25) is 14.7 Å². The van der Waals surface area contributed by atoms with Crippen molar-refractivity contribution in [3.63, 3.8) is 0 Å². The molecule has 0 unspecified atom stereocenters. The molecular weight excluding hydrogens is 374 g/mol. The maximum Gasteiger partial charge on any atom is 0.232 e. The van der Waals surface area contributed by atoms with Gasteiger partial charge >= 0.3 is 0 Å². The number of ether oxygens (including phenoxy) is 2. The van der Waals surface area contributed by atoms with E-state index in [0.717, 1.165) is 44.0 Å². The van der Waals surface area contributed by atoms with Crippen molar-refractivity contribution in [2.24, 2.45) is 0 Å². The highest BCUT2D eigenvalue weighted by atomic mass is 32.2. The normalized spacial score (nSPS) is 15.1. The van der Waals surface area contributed by atoms with Crippen molar-refractivity contribution in [2.75, 3.05) is 46.2 Å². The summed E-state index contributed by atoms with van der Waals surface area (Å²) < 4.78 is 10.6. The van der Waals surface area contributed by atoms with Gasteiger partial charge in [-0.15, -0.1) is 11.8 Å². The van der Waals surface area contributed by atoms with Crippen LogP contribution in [0.1, 0.15) is 12.0 Å². The van der Waals surface area contributed by atoms with Crippen LogP contribution in [0.25, 0.3) is 0 Å². The highest BCUT2D eigenvalue weighted by Gasteiger charge is 2.19. The first kappa shape index (κ1) is 20.5. The number of rotatable bonds is 7. The molecule has 1 amide bonds. The number of methoxy groups -OCH3 is 2. The van der Waals surface area contributed by atoms with Crippen LogP contribution in [0.4, 0.5) is 0 Å². The number of carbonyl (C=O) groups excluding carboxylic acids is 1. The Labute approximate surface area is 170 Å². The summed E-state index contributed by atoms with van der Waals surface area (Å²) in [4.78, 5) is 22.2. The monoisotopic (exact) mass is 401 g/mol. The number of benzene rings is 1. The van der Waals surface area contributed by atoms with E-state index in [2.05, 4.69) is 16.0 Å². The minimum Gasteiger partial charge on any atom is -0.493 e. The molecule has 0 N–H and O–H groups in total. The van der Waals surface area contributed by atoms with Crippen molar-refractivity contribution in [1.29, 1.82) is 0 Å². The van der Waals surface area contributed by atoms with Crippen molar-refractivity contribution in [3.05, 3.63) is 48.3 Å². The van der Waals surface area contributed by atoms with Gasteiger partial charge in [0.2, 0.25) is 5.91 Å². The topological polar surface area (TPSA) is 54.9 Å². The lowest BCUT2D eigenvalue weighted by molar-refractivity contribution is -0.128. The molecule has 2 heterocycles. The van der Waals surface area contributed by atoms with E-state index in [1.807, 2.05) is 35.4 Å². The second-order valence-electron chi connectivity index (χ2n) is 6.68. The maximum absolute atomic E-state index is 12.7. The lowest BCUT2D eigenvalue weighted by atomic mass is 10.2. The number of amides is 1. The van der Waals surface area contributed by atoms with Gasteiger partial charge in [0.1, 0.15) is 0 Å². The molecule has 6 nitrogen and oxygen atoms in total. The quantitative estimate of drug-likeness (QED) is 0.665. The zero-order valence-corrected chi connectivity index (χ0v) is 17.3. The van der Waals surface area contributed by atoms with Gasteiger partial charge in [-0.1, -0.05) is 6.07 Å². The number of pyridine rings is 1. The average Bonchev–Trinajstić information content (AvgIpc) is 2.98. The Morgan fingerprint density at radius 3 is 2.71 bits per heavy atom.